The zero-order valence-corrected chi connectivity index (χ0v) is 9.68. The zero-order valence-electron chi connectivity index (χ0n) is 7.52. The van der Waals surface area contributed by atoms with Gasteiger partial charge in [0.15, 0.2) is 0 Å². The SMILES string of the molecule is I[C@H]1CCOC2(CCCCC2)C1. The third-order valence-corrected chi connectivity index (χ3v) is 4.26. The standard InChI is InChI=1S/C10H17IO/c11-9-4-7-12-10(8-9)5-2-1-3-6-10/h9H,1-8H2/t9-/m0/s1. The largest absolute Gasteiger partial charge is 0.375 e. The highest BCUT2D eigenvalue weighted by Gasteiger charge is 2.37. The maximum absolute atomic E-state index is 5.97. The van der Waals surface area contributed by atoms with Crippen LogP contribution in [0, 0.1) is 0 Å². The van der Waals surface area contributed by atoms with Crippen molar-refractivity contribution in [2.24, 2.45) is 0 Å². The molecule has 0 aromatic heterocycles. The second-order valence-corrected chi connectivity index (χ2v) is 5.94. The van der Waals surface area contributed by atoms with Gasteiger partial charge in [0.05, 0.1) is 5.60 Å². The predicted molar refractivity (Wildman–Crippen MR) is 58.8 cm³/mol. The van der Waals surface area contributed by atoms with Crippen molar-refractivity contribution in [2.75, 3.05) is 6.61 Å². The van der Waals surface area contributed by atoms with E-state index in [9.17, 15) is 0 Å². The molecule has 1 aliphatic carbocycles. The summed E-state index contributed by atoms with van der Waals surface area (Å²) in [7, 11) is 0. The van der Waals surface area contributed by atoms with Crippen molar-refractivity contribution < 1.29 is 4.74 Å². The molecule has 0 N–H and O–H groups in total. The van der Waals surface area contributed by atoms with Crippen molar-refractivity contribution >= 4 is 22.6 Å². The number of hydrogen-bond acceptors (Lipinski definition) is 1. The van der Waals surface area contributed by atoms with Crippen LogP contribution in [-0.4, -0.2) is 16.1 Å². The van der Waals surface area contributed by atoms with E-state index in [-0.39, 0.29) is 0 Å². The van der Waals surface area contributed by atoms with E-state index in [1.807, 2.05) is 0 Å². The van der Waals surface area contributed by atoms with Crippen LogP contribution in [0.2, 0.25) is 0 Å². The van der Waals surface area contributed by atoms with E-state index < -0.39 is 0 Å². The third-order valence-electron chi connectivity index (χ3n) is 3.20. The first-order valence-electron chi connectivity index (χ1n) is 5.09. The van der Waals surface area contributed by atoms with Crippen molar-refractivity contribution in [1.29, 1.82) is 0 Å². The van der Waals surface area contributed by atoms with Crippen LogP contribution in [0.25, 0.3) is 0 Å². The van der Waals surface area contributed by atoms with Gasteiger partial charge in [-0.05, 0) is 25.7 Å². The predicted octanol–water partition coefficient (Wildman–Crippen LogP) is 3.30. The van der Waals surface area contributed by atoms with Crippen LogP contribution >= 0.6 is 22.6 Å². The smallest absolute Gasteiger partial charge is 0.0692 e. The monoisotopic (exact) mass is 280 g/mol. The summed E-state index contributed by atoms with van der Waals surface area (Å²) in [5.41, 5.74) is 0.322. The first-order chi connectivity index (χ1) is 5.81. The molecule has 0 aromatic carbocycles. The fourth-order valence-electron chi connectivity index (χ4n) is 2.51. The van der Waals surface area contributed by atoms with Gasteiger partial charge in [0.2, 0.25) is 0 Å². The van der Waals surface area contributed by atoms with E-state index in [2.05, 4.69) is 22.6 Å². The summed E-state index contributed by atoms with van der Waals surface area (Å²) in [6.45, 7) is 1.01. The van der Waals surface area contributed by atoms with Crippen molar-refractivity contribution in [3.8, 4) is 0 Å². The van der Waals surface area contributed by atoms with Gasteiger partial charge >= 0.3 is 0 Å². The molecule has 0 amide bonds. The van der Waals surface area contributed by atoms with Gasteiger partial charge in [0.25, 0.3) is 0 Å². The van der Waals surface area contributed by atoms with Crippen LogP contribution in [0.3, 0.4) is 0 Å². The summed E-state index contributed by atoms with van der Waals surface area (Å²) in [5.74, 6) is 0. The number of alkyl halides is 1. The van der Waals surface area contributed by atoms with Gasteiger partial charge in [-0.3, -0.25) is 0 Å². The highest BCUT2D eigenvalue weighted by atomic mass is 127. The minimum atomic E-state index is 0.322. The maximum Gasteiger partial charge on any atom is 0.0692 e. The number of halogens is 1. The van der Waals surface area contributed by atoms with Crippen LogP contribution < -0.4 is 0 Å². The summed E-state index contributed by atoms with van der Waals surface area (Å²) in [5, 5.41) is 0. The molecule has 12 heavy (non-hydrogen) atoms. The zero-order chi connectivity index (χ0) is 8.44. The maximum atomic E-state index is 5.97. The molecular weight excluding hydrogens is 263 g/mol. The molecule has 1 atom stereocenters. The molecule has 0 bridgehead atoms. The van der Waals surface area contributed by atoms with E-state index >= 15 is 0 Å². The number of hydrogen-bond donors (Lipinski definition) is 0. The Balaban J connectivity index is 1.97. The summed E-state index contributed by atoms with van der Waals surface area (Å²) in [6.07, 6.45) is 9.44. The lowest BCUT2D eigenvalue weighted by molar-refractivity contribution is -0.0955. The first-order valence-corrected chi connectivity index (χ1v) is 6.33. The van der Waals surface area contributed by atoms with Gasteiger partial charge in [-0.1, -0.05) is 41.9 Å². The molecular formula is C10H17IO. The summed E-state index contributed by atoms with van der Waals surface area (Å²) >= 11 is 2.59. The van der Waals surface area contributed by atoms with Gasteiger partial charge in [0, 0.05) is 10.5 Å². The molecule has 1 aliphatic heterocycles. The second-order valence-electron chi connectivity index (χ2n) is 4.18. The molecule has 2 aliphatic rings. The summed E-state index contributed by atoms with van der Waals surface area (Å²) in [4.78, 5) is 0. The highest BCUT2D eigenvalue weighted by Crippen LogP contribution is 2.40. The topological polar surface area (TPSA) is 9.23 Å². The Kier molecular flexibility index (Phi) is 2.95. The van der Waals surface area contributed by atoms with Crippen LogP contribution in [0.4, 0.5) is 0 Å². The molecule has 70 valence electrons. The molecule has 0 radical (unpaired) electrons. The lowest BCUT2D eigenvalue weighted by Crippen LogP contribution is -2.41. The van der Waals surface area contributed by atoms with E-state index in [1.165, 1.54) is 44.9 Å². The van der Waals surface area contributed by atoms with Crippen LogP contribution in [-0.2, 0) is 4.74 Å². The van der Waals surface area contributed by atoms with Crippen molar-refractivity contribution in [3.63, 3.8) is 0 Å². The molecule has 1 heterocycles. The van der Waals surface area contributed by atoms with Gasteiger partial charge in [-0.25, -0.2) is 0 Å². The molecule has 2 rings (SSSR count). The quantitative estimate of drug-likeness (QED) is 0.488. The Morgan fingerprint density at radius 2 is 1.92 bits per heavy atom. The van der Waals surface area contributed by atoms with E-state index in [1.54, 1.807) is 0 Å². The van der Waals surface area contributed by atoms with E-state index in [0.717, 1.165) is 10.5 Å². The Hall–Kier alpha value is 0.690. The molecule has 1 spiro atoms. The van der Waals surface area contributed by atoms with Gasteiger partial charge < -0.3 is 4.74 Å². The fraction of sp³-hybridized carbons (Fsp3) is 1.00. The number of ether oxygens (including phenoxy) is 1. The third kappa shape index (κ3) is 1.95. The molecule has 1 nitrogen and oxygen atoms in total. The fourth-order valence-corrected chi connectivity index (χ4v) is 3.57. The number of rotatable bonds is 0. The second kappa shape index (κ2) is 3.82. The minimum Gasteiger partial charge on any atom is -0.375 e. The molecule has 0 aromatic rings. The Bertz CT molecular complexity index is 146. The first kappa shape index (κ1) is 9.25. The lowest BCUT2D eigenvalue weighted by Gasteiger charge is -2.42. The molecule has 1 saturated heterocycles. The highest BCUT2D eigenvalue weighted by molar-refractivity contribution is 14.1. The van der Waals surface area contributed by atoms with E-state index in [0.29, 0.717) is 5.60 Å². The Morgan fingerprint density at radius 1 is 1.17 bits per heavy atom. The summed E-state index contributed by atoms with van der Waals surface area (Å²) < 4.78 is 6.84. The average molecular weight is 280 g/mol. The van der Waals surface area contributed by atoms with Crippen molar-refractivity contribution in [1.82, 2.24) is 0 Å². The van der Waals surface area contributed by atoms with Gasteiger partial charge in [0.1, 0.15) is 0 Å². The Morgan fingerprint density at radius 3 is 2.58 bits per heavy atom. The molecule has 2 fully saturated rings. The van der Waals surface area contributed by atoms with Crippen LogP contribution in [0.5, 0.6) is 0 Å². The average Bonchev–Trinajstić information content (AvgIpc) is 2.05. The van der Waals surface area contributed by atoms with Gasteiger partial charge in [-0.15, -0.1) is 0 Å². The Labute approximate surface area is 88.4 Å². The lowest BCUT2D eigenvalue weighted by atomic mass is 9.80. The molecule has 0 unspecified atom stereocenters. The van der Waals surface area contributed by atoms with Crippen LogP contribution in [0.1, 0.15) is 44.9 Å². The molecule has 2 heteroatoms. The van der Waals surface area contributed by atoms with Crippen LogP contribution in [0.15, 0.2) is 0 Å². The van der Waals surface area contributed by atoms with Gasteiger partial charge in [-0.2, -0.15) is 0 Å². The van der Waals surface area contributed by atoms with Crippen molar-refractivity contribution in [3.05, 3.63) is 0 Å². The minimum absolute atomic E-state index is 0.322. The van der Waals surface area contributed by atoms with E-state index in [4.69, 9.17) is 4.74 Å². The summed E-state index contributed by atoms with van der Waals surface area (Å²) in [6, 6.07) is 0. The molecule has 1 saturated carbocycles. The van der Waals surface area contributed by atoms with Crippen molar-refractivity contribution in [2.45, 2.75) is 54.5 Å². The normalized spacial score (nSPS) is 35.2.